The minimum absolute atomic E-state index is 0.00740. The number of ether oxygens (including phenoxy) is 1. The molecule has 3 rings (SSSR count). The Morgan fingerprint density at radius 1 is 1.31 bits per heavy atom. The van der Waals surface area contributed by atoms with Crippen LogP contribution in [0.15, 0.2) is 12.1 Å². The molecule has 2 aliphatic rings. The van der Waals surface area contributed by atoms with Crippen LogP contribution in [0, 0.1) is 0 Å². The number of carbonyl (C=O) groups is 4. The maximum Gasteiger partial charge on any atom is 0.286 e. The molecule has 0 bridgehead atoms. The summed E-state index contributed by atoms with van der Waals surface area (Å²) in [4.78, 5) is 49.5. The van der Waals surface area contributed by atoms with Crippen molar-refractivity contribution in [3.8, 4) is 5.75 Å². The molecule has 156 valence electrons. The van der Waals surface area contributed by atoms with Crippen molar-refractivity contribution in [2.45, 2.75) is 44.3 Å². The number of fused-ring (bicyclic) bond motifs is 1. The molecule has 1 saturated heterocycles. The molecule has 1 atom stereocenters. The second-order valence-corrected chi connectivity index (χ2v) is 8.12. The summed E-state index contributed by atoms with van der Waals surface area (Å²) in [5.41, 5.74) is 2.62. The first-order chi connectivity index (χ1) is 13.9. The van der Waals surface area contributed by atoms with Gasteiger partial charge in [0.1, 0.15) is 5.75 Å². The van der Waals surface area contributed by atoms with E-state index in [4.69, 9.17) is 4.74 Å². The summed E-state index contributed by atoms with van der Waals surface area (Å²) in [5.74, 6) is 0.267. The van der Waals surface area contributed by atoms with Crippen LogP contribution >= 0.6 is 11.8 Å². The zero-order valence-corrected chi connectivity index (χ0v) is 17.4. The fourth-order valence-electron chi connectivity index (χ4n) is 3.73. The van der Waals surface area contributed by atoms with Crippen molar-refractivity contribution in [1.82, 2.24) is 10.6 Å². The topological polar surface area (TPSA) is 105 Å². The number of anilines is 1. The lowest BCUT2D eigenvalue weighted by atomic mass is 9.92. The predicted molar refractivity (Wildman–Crippen MR) is 110 cm³/mol. The Balaban J connectivity index is 1.84. The third kappa shape index (κ3) is 4.72. The fraction of sp³-hybridized carbons (Fsp3) is 0.500. The zero-order valence-electron chi connectivity index (χ0n) is 16.6. The molecule has 2 aliphatic heterocycles. The summed E-state index contributed by atoms with van der Waals surface area (Å²) in [6, 6.07) is 3.69. The molecule has 2 heterocycles. The minimum atomic E-state index is -0.469. The van der Waals surface area contributed by atoms with E-state index in [9.17, 15) is 19.2 Å². The lowest BCUT2D eigenvalue weighted by Gasteiger charge is -2.32. The highest BCUT2D eigenvalue weighted by Crippen LogP contribution is 2.40. The monoisotopic (exact) mass is 419 g/mol. The van der Waals surface area contributed by atoms with Gasteiger partial charge in [-0.2, -0.15) is 0 Å². The number of thioether (sulfide) groups is 1. The van der Waals surface area contributed by atoms with Gasteiger partial charge >= 0.3 is 0 Å². The van der Waals surface area contributed by atoms with Gasteiger partial charge in [-0.1, -0.05) is 17.8 Å². The third-order valence-electron chi connectivity index (χ3n) is 5.05. The number of imide groups is 1. The molecule has 2 N–H and O–H groups in total. The van der Waals surface area contributed by atoms with E-state index < -0.39 is 5.25 Å². The Morgan fingerprint density at radius 3 is 2.76 bits per heavy atom. The Hall–Kier alpha value is -2.55. The smallest absolute Gasteiger partial charge is 0.286 e. The van der Waals surface area contributed by atoms with Gasteiger partial charge in [0.2, 0.25) is 17.7 Å². The van der Waals surface area contributed by atoms with E-state index in [-0.39, 0.29) is 23.0 Å². The number of methoxy groups -OCH3 is 1. The number of hydrogen-bond donors (Lipinski definition) is 2. The van der Waals surface area contributed by atoms with E-state index in [1.807, 2.05) is 13.0 Å². The van der Waals surface area contributed by atoms with Gasteiger partial charge in [0.05, 0.1) is 18.0 Å². The second-order valence-electron chi connectivity index (χ2n) is 6.94. The van der Waals surface area contributed by atoms with Crippen LogP contribution < -0.4 is 20.3 Å². The van der Waals surface area contributed by atoms with Gasteiger partial charge in [0.25, 0.3) is 5.24 Å². The number of benzene rings is 1. The maximum atomic E-state index is 12.6. The molecule has 9 heteroatoms. The van der Waals surface area contributed by atoms with Crippen LogP contribution in [-0.4, -0.2) is 48.4 Å². The van der Waals surface area contributed by atoms with Crippen molar-refractivity contribution in [1.29, 1.82) is 0 Å². The molecule has 0 aromatic heterocycles. The van der Waals surface area contributed by atoms with Gasteiger partial charge < -0.3 is 15.0 Å². The summed E-state index contributed by atoms with van der Waals surface area (Å²) in [6.07, 6.45) is 2.21. The first kappa shape index (κ1) is 21.2. The number of rotatable bonds is 8. The second kappa shape index (κ2) is 9.30. The molecule has 1 unspecified atom stereocenters. The Kier molecular flexibility index (Phi) is 6.79. The number of nitrogens with zero attached hydrogens (tertiary/aromatic N) is 1. The molecule has 0 radical (unpaired) electrons. The Bertz CT molecular complexity index is 842. The van der Waals surface area contributed by atoms with E-state index in [2.05, 4.69) is 10.6 Å². The molecule has 29 heavy (non-hydrogen) atoms. The van der Waals surface area contributed by atoms with Gasteiger partial charge in [0.15, 0.2) is 0 Å². The standard InChI is InChI=1S/C20H25N3O5S/c1-3-21-16(24)5-4-10-23-17(25)9-7-13-12(6-8-14(28-2)18(13)23)11-15-19(26)22-20(27)29-15/h6,8,15H,3-5,7,9-11H2,1-2H3,(H,21,24)(H,22,26,27). The number of nitrogens with one attached hydrogen (secondary N) is 2. The van der Waals surface area contributed by atoms with Crippen LogP contribution in [0.5, 0.6) is 5.75 Å². The van der Waals surface area contributed by atoms with Crippen LogP contribution in [0.1, 0.15) is 37.3 Å². The van der Waals surface area contributed by atoms with E-state index in [1.54, 1.807) is 18.1 Å². The van der Waals surface area contributed by atoms with Gasteiger partial charge in [-0.25, -0.2) is 0 Å². The summed E-state index contributed by atoms with van der Waals surface area (Å²) >= 11 is 0.996. The highest BCUT2D eigenvalue weighted by molar-refractivity contribution is 8.15. The summed E-state index contributed by atoms with van der Waals surface area (Å²) in [5, 5.41) is 4.27. The molecular weight excluding hydrogens is 394 g/mol. The normalized spacial score (nSPS) is 18.5. The first-order valence-corrected chi connectivity index (χ1v) is 10.6. The SMILES string of the molecule is CCNC(=O)CCCN1C(=O)CCc2c(CC3SC(=O)NC3=O)ccc(OC)c21. The van der Waals surface area contributed by atoms with Gasteiger partial charge in [-0.3, -0.25) is 24.5 Å². The van der Waals surface area contributed by atoms with Crippen molar-refractivity contribution in [3.63, 3.8) is 0 Å². The molecule has 0 aliphatic carbocycles. The van der Waals surface area contributed by atoms with Crippen molar-refractivity contribution >= 4 is 40.4 Å². The van der Waals surface area contributed by atoms with Gasteiger partial charge in [-0.05, 0) is 43.4 Å². The van der Waals surface area contributed by atoms with Crippen molar-refractivity contribution < 1.29 is 23.9 Å². The molecular formula is C20H25N3O5S. The Labute approximate surface area is 173 Å². The molecule has 1 fully saturated rings. The number of carbonyl (C=O) groups excluding carboxylic acids is 4. The summed E-state index contributed by atoms with van der Waals surface area (Å²) in [7, 11) is 1.56. The molecule has 1 aromatic rings. The molecule has 1 aromatic carbocycles. The average Bonchev–Trinajstić information content (AvgIpc) is 3.00. The lowest BCUT2D eigenvalue weighted by molar-refractivity contribution is -0.122. The summed E-state index contributed by atoms with van der Waals surface area (Å²) < 4.78 is 5.51. The number of amides is 4. The largest absolute Gasteiger partial charge is 0.495 e. The molecule has 0 spiro atoms. The average molecular weight is 420 g/mol. The van der Waals surface area contributed by atoms with Crippen LogP contribution in [0.2, 0.25) is 0 Å². The fourth-order valence-corrected chi connectivity index (χ4v) is 4.57. The maximum absolute atomic E-state index is 12.6. The summed E-state index contributed by atoms with van der Waals surface area (Å²) in [6.45, 7) is 2.86. The predicted octanol–water partition coefficient (Wildman–Crippen LogP) is 1.78. The van der Waals surface area contributed by atoms with Crippen molar-refractivity contribution in [2.24, 2.45) is 0 Å². The van der Waals surface area contributed by atoms with Gasteiger partial charge in [-0.15, -0.1) is 0 Å². The van der Waals surface area contributed by atoms with Gasteiger partial charge in [0, 0.05) is 25.9 Å². The number of hydrogen-bond acceptors (Lipinski definition) is 6. The molecule has 8 nitrogen and oxygen atoms in total. The van der Waals surface area contributed by atoms with Crippen LogP contribution in [0.3, 0.4) is 0 Å². The quantitative estimate of drug-likeness (QED) is 0.666. The third-order valence-corrected chi connectivity index (χ3v) is 6.04. The highest BCUT2D eigenvalue weighted by atomic mass is 32.2. The van der Waals surface area contributed by atoms with Crippen LogP contribution in [0.4, 0.5) is 10.5 Å². The highest BCUT2D eigenvalue weighted by Gasteiger charge is 2.34. The zero-order chi connectivity index (χ0) is 21.0. The molecule has 0 saturated carbocycles. The first-order valence-electron chi connectivity index (χ1n) is 9.71. The lowest BCUT2D eigenvalue weighted by Crippen LogP contribution is -2.37. The van der Waals surface area contributed by atoms with E-state index in [1.165, 1.54) is 0 Å². The van der Waals surface area contributed by atoms with Crippen LogP contribution in [-0.2, 0) is 27.2 Å². The van der Waals surface area contributed by atoms with Crippen molar-refractivity contribution in [3.05, 3.63) is 23.3 Å². The van der Waals surface area contributed by atoms with Crippen LogP contribution in [0.25, 0.3) is 0 Å². The Morgan fingerprint density at radius 2 is 2.10 bits per heavy atom. The minimum Gasteiger partial charge on any atom is -0.495 e. The van der Waals surface area contributed by atoms with E-state index >= 15 is 0 Å². The molecule has 4 amide bonds. The van der Waals surface area contributed by atoms with E-state index in [0.29, 0.717) is 56.6 Å². The van der Waals surface area contributed by atoms with E-state index in [0.717, 1.165) is 22.9 Å². The van der Waals surface area contributed by atoms with Crippen molar-refractivity contribution in [2.75, 3.05) is 25.1 Å².